The van der Waals surface area contributed by atoms with Crippen LogP contribution in [0, 0.1) is 5.82 Å². The first-order valence-corrected chi connectivity index (χ1v) is 5.81. The van der Waals surface area contributed by atoms with Gasteiger partial charge in [0, 0.05) is 0 Å². The summed E-state index contributed by atoms with van der Waals surface area (Å²) in [4.78, 5) is 18.4. The van der Waals surface area contributed by atoms with Crippen LogP contribution in [0.4, 0.5) is 23.2 Å². The number of nitrogens with one attached hydrogen (secondary N) is 1. The van der Waals surface area contributed by atoms with Crippen LogP contribution >= 0.6 is 11.6 Å². The zero-order chi connectivity index (χ0) is 15.6. The smallest absolute Gasteiger partial charge is 0.320 e. The van der Waals surface area contributed by atoms with Gasteiger partial charge in [0.05, 0.1) is 23.6 Å². The Balaban J connectivity index is 2.18. The molecule has 0 aliphatic carbocycles. The minimum atomic E-state index is -4.57. The van der Waals surface area contributed by atoms with Crippen molar-refractivity contribution in [3.05, 3.63) is 52.8 Å². The van der Waals surface area contributed by atoms with Gasteiger partial charge in [-0.2, -0.15) is 13.2 Å². The molecular formula is C12H6ClF4N3O. The molecule has 0 aliphatic heterocycles. The van der Waals surface area contributed by atoms with Gasteiger partial charge in [0.25, 0.3) is 5.91 Å². The van der Waals surface area contributed by atoms with Crippen LogP contribution in [0.2, 0.25) is 5.15 Å². The summed E-state index contributed by atoms with van der Waals surface area (Å²) >= 11 is 5.64. The van der Waals surface area contributed by atoms with Gasteiger partial charge in [0.2, 0.25) is 0 Å². The van der Waals surface area contributed by atoms with E-state index in [2.05, 4.69) is 15.3 Å². The Labute approximate surface area is 120 Å². The predicted octanol–water partition coefficient (Wildman–Crippen LogP) is 3.54. The SMILES string of the molecule is O=C(Nc1ccc(C(F)(F)F)nc1)c1cc(F)cnc1Cl. The quantitative estimate of drug-likeness (QED) is 0.680. The summed E-state index contributed by atoms with van der Waals surface area (Å²) in [6, 6.07) is 2.59. The zero-order valence-electron chi connectivity index (χ0n) is 10.1. The summed E-state index contributed by atoms with van der Waals surface area (Å²) in [5, 5.41) is 2.02. The van der Waals surface area contributed by atoms with Gasteiger partial charge in [-0.1, -0.05) is 11.6 Å². The molecule has 0 spiro atoms. The highest BCUT2D eigenvalue weighted by Gasteiger charge is 2.32. The Kier molecular flexibility index (Phi) is 4.08. The largest absolute Gasteiger partial charge is 0.433 e. The van der Waals surface area contributed by atoms with Crippen LogP contribution < -0.4 is 5.32 Å². The number of aromatic nitrogens is 2. The van der Waals surface area contributed by atoms with Crippen LogP contribution in [0.15, 0.2) is 30.6 Å². The summed E-state index contributed by atoms with van der Waals surface area (Å²) in [6.45, 7) is 0. The highest BCUT2D eigenvalue weighted by atomic mass is 35.5. The molecule has 2 rings (SSSR count). The van der Waals surface area contributed by atoms with Crippen molar-refractivity contribution in [2.45, 2.75) is 6.18 Å². The van der Waals surface area contributed by atoms with Crippen molar-refractivity contribution < 1.29 is 22.4 Å². The number of alkyl halides is 3. The molecule has 0 saturated heterocycles. The van der Waals surface area contributed by atoms with Crippen molar-refractivity contribution in [2.75, 3.05) is 5.32 Å². The molecule has 0 bridgehead atoms. The van der Waals surface area contributed by atoms with Crippen LogP contribution in [-0.2, 0) is 6.18 Å². The number of amides is 1. The average molecular weight is 320 g/mol. The van der Waals surface area contributed by atoms with Gasteiger partial charge in [0.1, 0.15) is 16.7 Å². The van der Waals surface area contributed by atoms with Crippen molar-refractivity contribution in [1.29, 1.82) is 0 Å². The highest BCUT2D eigenvalue weighted by molar-refractivity contribution is 6.33. The zero-order valence-corrected chi connectivity index (χ0v) is 10.8. The molecule has 2 aromatic heterocycles. The molecular weight excluding hydrogens is 314 g/mol. The molecule has 0 fully saturated rings. The molecule has 1 amide bonds. The summed E-state index contributed by atoms with van der Waals surface area (Å²) in [7, 11) is 0. The van der Waals surface area contributed by atoms with E-state index in [0.29, 0.717) is 6.07 Å². The molecule has 1 N–H and O–H groups in total. The fourth-order valence-corrected chi connectivity index (χ4v) is 1.60. The Morgan fingerprint density at radius 1 is 1.19 bits per heavy atom. The van der Waals surface area contributed by atoms with Crippen LogP contribution in [0.3, 0.4) is 0 Å². The predicted molar refractivity (Wildman–Crippen MR) is 66.4 cm³/mol. The number of anilines is 1. The minimum absolute atomic E-state index is 0.00771. The lowest BCUT2D eigenvalue weighted by molar-refractivity contribution is -0.141. The van der Waals surface area contributed by atoms with E-state index in [0.717, 1.165) is 24.5 Å². The maximum absolute atomic E-state index is 13.0. The fourth-order valence-electron chi connectivity index (χ4n) is 1.42. The summed E-state index contributed by atoms with van der Waals surface area (Å²) in [6.07, 6.45) is -2.90. The van der Waals surface area contributed by atoms with E-state index in [9.17, 15) is 22.4 Å². The number of halogens is 5. The molecule has 0 aliphatic rings. The molecule has 110 valence electrons. The van der Waals surface area contributed by atoms with E-state index >= 15 is 0 Å². The van der Waals surface area contributed by atoms with Gasteiger partial charge in [0.15, 0.2) is 0 Å². The van der Waals surface area contributed by atoms with Gasteiger partial charge >= 0.3 is 6.18 Å². The maximum Gasteiger partial charge on any atom is 0.433 e. The van der Waals surface area contributed by atoms with Crippen LogP contribution in [0.5, 0.6) is 0 Å². The standard InChI is InChI=1S/C12H6ClF4N3O/c13-10-8(3-6(14)4-19-10)11(21)20-7-1-2-9(18-5-7)12(15,16)17/h1-5H,(H,20,21). The molecule has 9 heteroatoms. The molecule has 0 unspecified atom stereocenters. The number of pyridine rings is 2. The highest BCUT2D eigenvalue weighted by Crippen LogP contribution is 2.28. The van der Waals surface area contributed by atoms with Gasteiger partial charge in [-0.05, 0) is 18.2 Å². The van der Waals surface area contributed by atoms with Crippen LogP contribution in [-0.4, -0.2) is 15.9 Å². The minimum Gasteiger partial charge on any atom is -0.320 e. The Bertz CT molecular complexity index is 673. The third kappa shape index (κ3) is 3.66. The van der Waals surface area contributed by atoms with E-state index in [4.69, 9.17) is 11.6 Å². The monoisotopic (exact) mass is 319 g/mol. The van der Waals surface area contributed by atoms with E-state index < -0.39 is 23.6 Å². The number of rotatable bonds is 2. The van der Waals surface area contributed by atoms with Gasteiger partial charge in [-0.15, -0.1) is 0 Å². The molecule has 2 aromatic rings. The molecule has 0 atom stereocenters. The third-order valence-corrected chi connectivity index (χ3v) is 2.66. The second-order valence-electron chi connectivity index (χ2n) is 3.88. The van der Waals surface area contributed by atoms with E-state index in [-0.39, 0.29) is 16.4 Å². The second kappa shape index (κ2) is 5.65. The Morgan fingerprint density at radius 2 is 1.90 bits per heavy atom. The fraction of sp³-hybridized carbons (Fsp3) is 0.0833. The van der Waals surface area contributed by atoms with Crippen molar-refractivity contribution in [3.8, 4) is 0 Å². The van der Waals surface area contributed by atoms with Crippen molar-refractivity contribution >= 4 is 23.2 Å². The number of hydrogen-bond donors (Lipinski definition) is 1. The summed E-state index contributed by atoms with van der Waals surface area (Å²) in [5.74, 6) is -1.58. The molecule has 0 aromatic carbocycles. The van der Waals surface area contributed by atoms with Crippen LogP contribution in [0.1, 0.15) is 16.1 Å². The number of carbonyl (C=O) groups is 1. The lowest BCUT2D eigenvalue weighted by atomic mass is 10.2. The first-order chi connectivity index (χ1) is 9.77. The van der Waals surface area contributed by atoms with E-state index in [1.54, 1.807) is 0 Å². The topological polar surface area (TPSA) is 54.9 Å². The van der Waals surface area contributed by atoms with Gasteiger partial charge < -0.3 is 5.32 Å². The molecule has 4 nitrogen and oxygen atoms in total. The normalized spacial score (nSPS) is 11.3. The summed E-state index contributed by atoms with van der Waals surface area (Å²) < 4.78 is 50.0. The maximum atomic E-state index is 13.0. The number of carbonyl (C=O) groups excluding carboxylic acids is 1. The number of hydrogen-bond acceptors (Lipinski definition) is 3. The lowest BCUT2D eigenvalue weighted by Crippen LogP contribution is -2.14. The van der Waals surface area contributed by atoms with E-state index in [1.165, 1.54) is 0 Å². The first kappa shape index (κ1) is 15.2. The average Bonchev–Trinajstić information content (AvgIpc) is 2.41. The first-order valence-electron chi connectivity index (χ1n) is 5.43. The molecule has 2 heterocycles. The van der Waals surface area contributed by atoms with Gasteiger partial charge in [-0.25, -0.2) is 14.4 Å². The van der Waals surface area contributed by atoms with Crippen molar-refractivity contribution in [2.24, 2.45) is 0 Å². The number of nitrogens with zero attached hydrogens (tertiary/aromatic N) is 2. The molecule has 0 saturated carbocycles. The lowest BCUT2D eigenvalue weighted by Gasteiger charge is -2.08. The second-order valence-corrected chi connectivity index (χ2v) is 4.23. The summed E-state index contributed by atoms with van der Waals surface area (Å²) in [5.41, 5.74) is -1.32. The van der Waals surface area contributed by atoms with Crippen molar-refractivity contribution in [3.63, 3.8) is 0 Å². The van der Waals surface area contributed by atoms with E-state index in [1.807, 2.05) is 0 Å². The van der Waals surface area contributed by atoms with Crippen molar-refractivity contribution in [1.82, 2.24) is 9.97 Å². The third-order valence-electron chi connectivity index (χ3n) is 2.36. The Morgan fingerprint density at radius 3 is 2.48 bits per heavy atom. The Hall–Kier alpha value is -2.22. The molecule has 0 radical (unpaired) electrons. The van der Waals surface area contributed by atoms with Gasteiger partial charge in [-0.3, -0.25) is 4.79 Å². The molecule has 21 heavy (non-hydrogen) atoms. The van der Waals surface area contributed by atoms with Crippen LogP contribution in [0.25, 0.3) is 0 Å².